The Balaban J connectivity index is 2.37. The van der Waals surface area contributed by atoms with Gasteiger partial charge in [-0.3, -0.25) is 0 Å². The Hall–Kier alpha value is -1.56. The summed E-state index contributed by atoms with van der Waals surface area (Å²) >= 11 is 0. The Kier molecular flexibility index (Phi) is 3.30. The molecule has 0 aromatic heterocycles. The average molecular weight is 262 g/mol. The van der Waals surface area contributed by atoms with Crippen LogP contribution in [0.3, 0.4) is 0 Å². The molecule has 1 aliphatic rings. The highest BCUT2D eigenvalue weighted by molar-refractivity contribution is 5.32. The number of aliphatic hydroxyl groups is 1. The largest absolute Gasteiger partial charge is 0.495 e. The minimum absolute atomic E-state index is 0.0909. The molecule has 0 saturated heterocycles. The first-order valence-corrected chi connectivity index (χ1v) is 5.27. The van der Waals surface area contributed by atoms with Gasteiger partial charge in [0.25, 0.3) is 0 Å². The Morgan fingerprint density at radius 2 is 2.00 bits per heavy atom. The van der Waals surface area contributed by atoms with Crippen molar-refractivity contribution < 1.29 is 27.4 Å². The monoisotopic (exact) mass is 262 g/mol. The summed E-state index contributed by atoms with van der Waals surface area (Å²) in [6, 6.07) is 1.93. The van der Waals surface area contributed by atoms with E-state index < -0.39 is 29.2 Å². The number of hydrogen-bond acceptors (Lipinski definition) is 2. The molecule has 1 N–H and O–H groups in total. The zero-order valence-corrected chi connectivity index (χ0v) is 9.17. The molecule has 0 amide bonds. The van der Waals surface area contributed by atoms with Gasteiger partial charge in [0.15, 0.2) is 0 Å². The molecule has 2 nitrogen and oxygen atoms in total. The van der Waals surface area contributed by atoms with Gasteiger partial charge in [0, 0.05) is 12.0 Å². The van der Waals surface area contributed by atoms with Crippen molar-refractivity contribution in [1.82, 2.24) is 0 Å². The van der Waals surface area contributed by atoms with Gasteiger partial charge in [-0.25, -0.2) is 4.39 Å². The molecule has 1 atom stereocenters. The van der Waals surface area contributed by atoms with Crippen LogP contribution in [0.1, 0.15) is 23.7 Å². The molecule has 1 heterocycles. The van der Waals surface area contributed by atoms with Crippen LogP contribution in [0, 0.1) is 5.82 Å². The van der Waals surface area contributed by atoms with E-state index in [1.807, 2.05) is 0 Å². The summed E-state index contributed by atoms with van der Waals surface area (Å²) in [4.78, 5) is 0. The van der Waals surface area contributed by atoms with E-state index in [-0.39, 0.29) is 5.76 Å². The Morgan fingerprint density at radius 3 is 2.56 bits per heavy atom. The lowest BCUT2D eigenvalue weighted by Crippen LogP contribution is -2.10. The van der Waals surface area contributed by atoms with Crippen molar-refractivity contribution in [2.75, 3.05) is 6.61 Å². The van der Waals surface area contributed by atoms with Crippen LogP contribution in [0.5, 0.6) is 0 Å². The fourth-order valence-corrected chi connectivity index (χ4v) is 1.71. The fourth-order valence-electron chi connectivity index (χ4n) is 1.71. The summed E-state index contributed by atoms with van der Waals surface area (Å²) in [6.07, 6.45) is -4.00. The summed E-state index contributed by atoms with van der Waals surface area (Å²) < 4.78 is 55.9. The van der Waals surface area contributed by atoms with Gasteiger partial charge in [0.2, 0.25) is 0 Å². The van der Waals surface area contributed by atoms with Gasteiger partial charge in [-0.1, -0.05) is 0 Å². The highest BCUT2D eigenvalue weighted by Gasteiger charge is 2.32. The first-order valence-electron chi connectivity index (χ1n) is 5.27. The first kappa shape index (κ1) is 12.9. The van der Waals surface area contributed by atoms with E-state index >= 15 is 0 Å². The van der Waals surface area contributed by atoms with Crippen LogP contribution < -0.4 is 0 Å². The summed E-state index contributed by atoms with van der Waals surface area (Å²) in [5, 5.41) is 9.79. The van der Waals surface area contributed by atoms with Crippen LogP contribution in [-0.2, 0) is 10.9 Å². The van der Waals surface area contributed by atoms with Gasteiger partial charge in [-0.2, -0.15) is 13.2 Å². The van der Waals surface area contributed by atoms with Crippen molar-refractivity contribution in [3.05, 3.63) is 47.0 Å². The summed E-state index contributed by atoms with van der Waals surface area (Å²) in [6.45, 7) is 0.340. The van der Waals surface area contributed by atoms with E-state index in [2.05, 4.69) is 0 Å². The van der Waals surface area contributed by atoms with Crippen molar-refractivity contribution in [3.8, 4) is 0 Å². The van der Waals surface area contributed by atoms with Gasteiger partial charge in [-0.15, -0.1) is 0 Å². The third kappa shape index (κ3) is 2.48. The van der Waals surface area contributed by atoms with Gasteiger partial charge in [-0.05, 0) is 24.3 Å². The molecular weight excluding hydrogens is 252 g/mol. The van der Waals surface area contributed by atoms with Crippen molar-refractivity contribution in [2.45, 2.75) is 18.7 Å². The van der Waals surface area contributed by atoms with Crippen molar-refractivity contribution >= 4 is 0 Å². The second-order valence-corrected chi connectivity index (χ2v) is 3.88. The molecule has 0 fully saturated rings. The number of aliphatic hydroxyl groups excluding tert-OH is 1. The molecule has 1 unspecified atom stereocenters. The molecule has 98 valence electrons. The number of rotatable bonds is 2. The third-order valence-electron chi connectivity index (χ3n) is 2.62. The standard InChI is InChI=1S/C12H10F4O2/c13-9-4-3-7(12(14,15)16)6-8(9)11(17)10-2-1-5-18-10/h2-4,6,11,17H,1,5H2. The number of halogens is 4. The first-order chi connectivity index (χ1) is 8.39. The fraction of sp³-hybridized carbons (Fsp3) is 0.333. The molecule has 0 bridgehead atoms. The normalized spacial score (nSPS) is 17.3. The smallest absolute Gasteiger partial charge is 0.416 e. The van der Waals surface area contributed by atoms with E-state index in [9.17, 15) is 22.7 Å². The summed E-state index contributed by atoms with van der Waals surface area (Å²) in [7, 11) is 0. The van der Waals surface area contributed by atoms with Crippen LogP contribution in [0.15, 0.2) is 30.0 Å². The lowest BCUT2D eigenvalue weighted by Gasteiger charge is -2.15. The molecule has 0 spiro atoms. The van der Waals surface area contributed by atoms with Crippen LogP contribution >= 0.6 is 0 Å². The summed E-state index contributed by atoms with van der Waals surface area (Å²) in [5.74, 6) is -0.805. The summed E-state index contributed by atoms with van der Waals surface area (Å²) in [5.41, 5.74) is -1.44. The van der Waals surface area contributed by atoms with Crippen molar-refractivity contribution in [3.63, 3.8) is 0 Å². The molecule has 0 aliphatic carbocycles. The zero-order chi connectivity index (χ0) is 13.3. The molecule has 2 rings (SSSR count). The highest BCUT2D eigenvalue weighted by atomic mass is 19.4. The lowest BCUT2D eigenvalue weighted by atomic mass is 10.0. The average Bonchev–Trinajstić information content (AvgIpc) is 2.80. The van der Waals surface area contributed by atoms with E-state index in [0.29, 0.717) is 31.2 Å². The third-order valence-corrected chi connectivity index (χ3v) is 2.62. The Bertz CT molecular complexity index is 479. The molecule has 1 aromatic rings. The number of benzene rings is 1. The van der Waals surface area contributed by atoms with Crippen LogP contribution in [0.4, 0.5) is 17.6 Å². The van der Waals surface area contributed by atoms with Crippen LogP contribution in [0.25, 0.3) is 0 Å². The Morgan fingerprint density at radius 1 is 1.28 bits per heavy atom. The van der Waals surface area contributed by atoms with Crippen molar-refractivity contribution in [1.29, 1.82) is 0 Å². The van der Waals surface area contributed by atoms with E-state index in [4.69, 9.17) is 4.74 Å². The molecule has 6 heteroatoms. The topological polar surface area (TPSA) is 29.5 Å². The minimum atomic E-state index is -4.58. The van der Waals surface area contributed by atoms with Gasteiger partial charge in [0.1, 0.15) is 17.7 Å². The van der Waals surface area contributed by atoms with E-state index in [1.165, 1.54) is 6.08 Å². The minimum Gasteiger partial charge on any atom is -0.495 e. The number of ether oxygens (including phenoxy) is 1. The van der Waals surface area contributed by atoms with Gasteiger partial charge in [0.05, 0.1) is 12.2 Å². The zero-order valence-electron chi connectivity index (χ0n) is 9.17. The number of alkyl halides is 3. The SMILES string of the molecule is OC(C1=CCCO1)c1cc(C(F)(F)F)ccc1F. The molecular formula is C12H10F4O2. The molecule has 0 radical (unpaired) electrons. The second kappa shape index (κ2) is 4.61. The molecule has 1 aromatic carbocycles. The highest BCUT2D eigenvalue weighted by Crippen LogP contribution is 2.34. The maximum Gasteiger partial charge on any atom is 0.416 e. The molecule has 18 heavy (non-hydrogen) atoms. The van der Waals surface area contributed by atoms with Gasteiger partial charge >= 0.3 is 6.18 Å². The van der Waals surface area contributed by atoms with E-state index in [0.717, 1.165) is 0 Å². The second-order valence-electron chi connectivity index (χ2n) is 3.88. The van der Waals surface area contributed by atoms with Crippen LogP contribution in [0.2, 0.25) is 0 Å². The predicted molar refractivity (Wildman–Crippen MR) is 55.0 cm³/mol. The quantitative estimate of drug-likeness (QED) is 0.829. The lowest BCUT2D eigenvalue weighted by molar-refractivity contribution is -0.137. The maximum absolute atomic E-state index is 13.5. The molecule has 0 saturated carbocycles. The van der Waals surface area contributed by atoms with Crippen molar-refractivity contribution in [2.24, 2.45) is 0 Å². The van der Waals surface area contributed by atoms with Crippen LogP contribution in [-0.4, -0.2) is 11.7 Å². The van der Waals surface area contributed by atoms with Gasteiger partial charge < -0.3 is 9.84 Å². The number of hydrogen-bond donors (Lipinski definition) is 1. The maximum atomic E-state index is 13.5. The van der Waals surface area contributed by atoms with E-state index in [1.54, 1.807) is 0 Å². The Labute approximate surface area is 100 Å². The predicted octanol–water partition coefficient (Wildman–Crippen LogP) is 3.18. The molecule has 1 aliphatic heterocycles.